The van der Waals surface area contributed by atoms with Crippen LogP contribution < -0.4 is 0 Å². The van der Waals surface area contributed by atoms with Crippen molar-refractivity contribution in [3.63, 3.8) is 0 Å². The van der Waals surface area contributed by atoms with Gasteiger partial charge in [0.05, 0.1) is 28.1 Å². The van der Waals surface area contributed by atoms with E-state index in [2.05, 4.69) is 224 Å². The summed E-state index contributed by atoms with van der Waals surface area (Å²) in [7, 11) is 0. The third kappa shape index (κ3) is 7.91. The molecule has 5 heterocycles. The van der Waals surface area contributed by atoms with Crippen molar-refractivity contribution in [2.24, 2.45) is 0 Å². The molecule has 354 valence electrons. The van der Waals surface area contributed by atoms with Crippen LogP contribution in [0.25, 0.3) is 152 Å². The summed E-state index contributed by atoms with van der Waals surface area (Å²) < 4.78 is 5.24. The fraction of sp³-hybridized carbons (Fsp3) is 0. The van der Waals surface area contributed by atoms with Crippen LogP contribution in [0.4, 0.5) is 0 Å². The smallest absolute Gasteiger partial charge is 0.160 e. The van der Waals surface area contributed by atoms with E-state index < -0.39 is 0 Å². The van der Waals surface area contributed by atoms with Crippen LogP contribution in [0.3, 0.4) is 0 Å². The van der Waals surface area contributed by atoms with Crippen molar-refractivity contribution >= 4 is 84.8 Å². The zero-order chi connectivity index (χ0) is 50.1. The van der Waals surface area contributed by atoms with Gasteiger partial charge in [-0.15, -0.1) is 22.7 Å². The minimum atomic E-state index is 0.666. The Labute approximate surface area is 446 Å². The van der Waals surface area contributed by atoms with E-state index in [1.54, 1.807) is 0 Å². The number of nitrogens with zero attached hydrogens (tertiary/aromatic N) is 4. The molecule has 0 fully saturated rings. The largest absolute Gasteiger partial charge is 0.254 e. The second kappa shape index (κ2) is 18.2. The number of benzene rings is 10. The molecule has 0 saturated carbocycles. The highest BCUT2D eigenvalue weighted by atomic mass is 32.1. The first-order chi connectivity index (χ1) is 37.6. The molecule has 0 N–H and O–H groups in total. The van der Waals surface area contributed by atoms with Gasteiger partial charge in [-0.25, -0.2) is 15.0 Å². The van der Waals surface area contributed by atoms with E-state index in [0.717, 1.165) is 83.4 Å². The summed E-state index contributed by atoms with van der Waals surface area (Å²) >= 11 is 3.70. The molecule has 0 amide bonds. The zero-order valence-corrected chi connectivity index (χ0v) is 42.5. The monoisotopic (exact) mass is 1000 g/mol. The molecule has 0 aliphatic rings. The molecule has 0 spiro atoms. The van der Waals surface area contributed by atoms with E-state index in [1.807, 2.05) is 53.1 Å². The van der Waals surface area contributed by atoms with Gasteiger partial charge in [0.25, 0.3) is 0 Å². The highest BCUT2D eigenvalue weighted by Gasteiger charge is 2.16. The fourth-order valence-electron chi connectivity index (χ4n) is 10.8. The van der Waals surface area contributed by atoms with Crippen molar-refractivity contribution in [2.45, 2.75) is 0 Å². The first-order valence-corrected chi connectivity index (χ1v) is 27.1. The number of hydrogen-bond donors (Lipinski definition) is 0. The molecule has 4 nitrogen and oxygen atoms in total. The van der Waals surface area contributed by atoms with Crippen molar-refractivity contribution in [3.05, 3.63) is 255 Å². The lowest BCUT2D eigenvalue weighted by molar-refractivity contribution is 1.18. The molecule has 0 atom stereocenters. The number of rotatable bonds is 8. The number of thiophene rings is 2. The standard InChI is InChI=1S/C70H42N4S2/c1-2-9-51(10-3-1)70-73-62(48-26-24-47(25-27-48)61-33-30-50-29-28-49-11-8-36-71-68(49)69(50)72-61)42-63(74-70)56-38-54(45-20-16-43(17-21-45)52-31-34-66-59(40-52)57-12-4-6-14-64(57)75-66)37-55(39-56)46-22-18-44(19-23-46)53-32-35-67-60(41-53)58-13-5-7-15-65(58)76-67/h1-42H. The van der Waals surface area contributed by atoms with Crippen LogP contribution in [0.2, 0.25) is 0 Å². The Morgan fingerprint density at radius 2 is 0.684 bits per heavy atom. The van der Waals surface area contributed by atoms with Gasteiger partial charge in [0, 0.05) is 79.6 Å². The molecular weight excluding hydrogens is 961 g/mol. The van der Waals surface area contributed by atoms with Gasteiger partial charge in [0.1, 0.15) is 0 Å². The lowest BCUT2D eigenvalue weighted by atomic mass is 9.92. The van der Waals surface area contributed by atoms with Crippen LogP contribution in [0.1, 0.15) is 0 Å². The molecule has 0 bridgehead atoms. The summed E-state index contributed by atoms with van der Waals surface area (Å²) in [4.78, 5) is 20.4. The highest BCUT2D eigenvalue weighted by Crippen LogP contribution is 2.41. The Hall–Kier alpha value is -9.46. The Bertz CT molecular complexity index is 4560. The Kier molecular flexibility index (Phi) is 10.5. The van der Waals surface area contributed by atoms with E-state index in [1.165, 1.54) is 62.6 Å². The maximum absolute atomic E-state index is 5.35. The SMILES string of the molecule is c1ccc(-c2nc(-c3ccc(-c4ccc5ccc6cccnc6c5n4)cc3)cc(-c3cc(-c4ccc(-c5ccc6sc7ccccc7c6c5)cc4)cc(-c4ccc(-c5ccc6sc7ccccc7c6c5)cc4)c3)n2)cc1. The summed E-state index contributed by atoms with van der Waals surface area (Å²) in [6, 6.07) is 89.5. The zero-order valence-electron chi connectivity index (χ0n) is 40.9. The van der Waals surface area contributed by atoms with E-state index in [4.69, 9.17) is 19.9 Å². The summed E-state index contributed by atoms with van der Waals surface area (Å²) in [5.41, 5.74) is 17.6. The Morgan fingerprint density at radius 3 is 1.28 bits per heavy atom. The van der Waals surface area contributed by atoms with E-state index >= 15 is 0 Å². The molecule has 5 aromatic heterocycles. The summed E-state index contributed by atoms with van der Waals surface area (Å²) in [6.45, 7) is 0. The number of hydrogen-bond acceptors (Lipinski definition) is 6. The van der Waals surface area contributed by atoms with Gasteiger partial charge in [-0.2, -0.15) is 0 Å². The van der Waals surface area contributed by atoms with Gasteiger partial charge in [-0.1, -0.05) is 176 Å². The van der Waals surface area contributed by atoms with E-state index in [9.17, 15) is 0 Å². The van der Waals surface area contributed by atoms with Gasteiger partial charge in [0.15, 0.2) is 5.82 Å². The number of pyridine rings is 2. The Morgan fingerprint density at radius 1 is 0.237 bits per heavy atom. The average Bonchev–Trinajstić information content (AvgIpc) is 4.09. The quantitative estimate of drug-likeness (QED) is 0.142. The molecule has 0 aliphatic heterocycles. The maximum atomic E-state index is 5.35. The van der Waals surface area contributed by atoms with Gasteiger partial charge in [-0.3, -0.25) is 4.98 Å². The number of fused-ring (bicyclic) bond motifs is 9. The van der Waals surface area contributed by atoms with Crippen molar-refractivity contribution < 1.29 is 0 Å². The molecule has 15 rings (SSSR count). The molecule has 0 radical (unpaired) electrons. The normalized spacial score (nSPS) is 11.7. The summed E-state index contributed by atoms with van der Waals surface area (Å²) in [5.74, 6) is 0.666. The molecule has 15 aromatic rings. The third-order valence-electron chi connectivity index (χ3n) is 14.8. The van der Waals surface area contributed by atoms with Crippen molar-refractivity contribution in [1.29, 1.82) is 0 Å². The van der Waals surface area contributed by atoms with Crippen LogP contribution in [0.15, 0.2) is 255 Å². The molecule has 6 heteroatoms. The lowest BCUT2D eigenvalue weighted by Crippen LogP contribution is -1.97. The first kappa shape index (κ1) is 44.1. The predicted octanol–water partition coefficient (Wildman–Crippen LogP) is 19.6. The van der Waals surface area contributed by atoms with Crippen LogP contribution in [0, 0.1) is 0 Å². The van der Waals surface area contributed by atoms with Crippen molar-refractivity contribution in [3.8, 4) is 89.7 Å². The highest BCUT2D eigenvalue weighted by molar-refractivity contribution is 7.26. The van der Waals surface area contributed by atoms with Gasteiger partial charge in [0.2, 0.25) is 0 Å². The van der Waals surface area contributed by atoms with E-state index in [0.29, 0.717) is 5.82 Å². The van der Waals surface area contributed by atoms with Crippen molar-refractivity contribution in [2.75, 3.05) is 0 Å². The van der Waals surface area contributed by atoms with Crippen molar-refractivity contribution in [1.82, 2.24) is 19.9 Å². The lowest BCUT2D eigenvalue weighted by Gasteiger charge is -2.14. The molecule has 0 unspecified atom stereocenters. The van der Waals surface area contributed by atoms with Gasteiger partial charge in [-0.05, 0) is 117 Å². The summed E-state index contributed by atoms with van der Waals surface area (Å²) in [6.07, 6.45) is 1.83. The Balaban J connectivity index is 0.835. The second-order valence-electron chi connectivity index (χ2n) is 19.4. The van der Waals surface area contributed by atoms with Crippen LogP contribution in [0.5, 0.6) is 0 Å². The van der Waals surface area contributed by atoms with Gasteiger partial charge >= 0.3 is 0 Å². The van der Waals surface area contributed by atoms with Crippen LogP contribution in [-0.2, 0) is 0 Å². The van der Waals surface area contributed by atoms with Gasteiger partial charge < -0.3 is 0 Å². The molecule has 0 aliphatic carbocycles. The number of aromatic nitrogens is 4. The van der Waals surface area contributed by atoms with Crippen LogP contribution >= 0.6 is 22.7 Å². The molecular formula is C70H42N4S2. The fourth-order valence-corrected chi connectivity index (χ4v) is 13.0. The minimum Gasteiger partial charge on any atom is -0.254 e. The molecule has 76 heavy (non-hydrogen) atoms. The average molecular weight is 1000 g/mol. The second-order valence-corrected chi connectivity index (χ2v) is 21.6. The topological polar surface area (TPSA) is 51.6 Å². The third-order valence-corrected chi connectivity index (χ3v) is 17.1. The maximum Gasteiger partial charge on any atom is 0.160 e. The minimum absolute atomic E-state index is 0.666. The predicted molar refractivity (Wildman–Crippen MR) is 322 cm³/mol. The molecule has 10 aromatic carbocycles. The first-order valence-electron chi connectivity index (χ1n) is 25.5. The van der Waals surface area contributed by atoms with E-state index in [-0.39, 0.29) is 0 Å². The molecule has 0 saturated heterocycles. The van der Waals surface area contributed by atoms with Crippen LogP contribution in [-0.4, -0.2) is 19.9 Å². The summed E-state index contributed by atoms with van der Waals surface area (Å²) in [5, 5.41) is 7.36.